The monoisotopic (exact) mass is 422 g/mol. The van der Waals surface area contributed by atoms with Crippen molar-refractivity contribution in [2.45, 2.75) is 50.7 Å². The molecule has 4 rings (SSSR count). The zero-order chi connectivity index (χ0) is 20.4. The van der Waals surface area contributed by atoms with Crippen LogP contribution in [0.1, 0.15) is 49.0 Å². The van der Waals surface area contributed by atoms with E-state index in [0.717, 1.165) is 10.1 Å². The lowest BCUT2D eigenvalue weighted by Crippen LogP contribution is -2.38. The fourth-order valence-electron chi connectivity index (χ4n) is 3.86. The van der Waals surface area contributed by atoms with Crippen LogP contribution in [-0.4, -0.2) is 32.7 Å². The maximum Gasteiger partial charge on any atom is 0.389 e. The number of amides is 1. The third kappa shape index (κ3) is 4.77. The third-order valence-corrected chi connectivity index (χ3v) is 6.36. The molecule has 9 heteroatoms. The molecule has 0 aliphatic heterocycles. The van der Waals surface area contributed by atoms with E-state index in [1.807, 2.05) is 17.5 Å². The molecule has 0 spiro atoms. The Morgan fingerprint density at radius 2 is 2.07 bits per heavy atom. The number of hydrogen-bond donors (Lipinski definition) is 1. The zero-order valence-electron chi connectivity index (χ0n) is 15.7. The van der Waals surface area contributed by atoms with Gasteiger partial charge in [0.2, 0.25) is 0 Å². The van der Waals surface area contributed by atoms with Gasteiger partial charge in [-0.25, -0.2) is 9.97 Å². The number of nitrogens with one attached hydrogen (secondary N) is 1. The highest BCUT2D eigenvalue weighted by Crippen LogP contribution is 2.32. The average Bonchev–Trinajstić information content (AvgIpc) is 3.37. The minimum absolute atomic E-state index is 0.0293. The summed E-state index contributed by atoms with van der Waals surface area (Å²) in [7, 11) is 0. The van der Waals surface area contributed by atoms with Crippen LogP contribution in [0.2, 0.25) is 0 Å². The van der Waals surface area contributed by atoms with E-state index in [4.69, 9.17) is 0 Å². The summed E-state index contributed by atoms with van der Waals surface area (Å²) >= 11 is 1.46. The molecular formula is C20H21F3N4OS. The Bertz CT molecular complexity index is 975. The van der Waals surface area contributed by atoms with Crippen LogP contribution in [0.4, 0.5) is 13.2 Å². The SMILES string of the molecule is O=C(NC1CCC(CCC(F)(F)F)CC1)c1nc(-n2ccnc2)cc2ccsc12. The van der Waals surface area contributed by atoms with E-state index in [9.17, 15) is 18.0 Å². The Labute approximate surface area is 170 Å². The van der Waals surface area contributed by atoms with Gasteiger partial charge in [0, 0.05) is 24.9 Å². The van der Waals surface area contributed by atoms with Crippen molar-refractivity contribution in [2.75, 3.05) is 0 Å². The lowest BCUT2D eigenvalue weighted by Gasteiger charge is -2.29. The Morgan fingerprint density at radius 1 is 1.28 bits per heavy atom. The molecule has 0 radical (unpaired) electrons. The molecule has 1 amide bonds. The van der Waals surface area contributed by atoms with Crippen LogP contribution in [0.5, 0.6) is 0 Å². The third-order valence-electron chi connectivity index (χ3n) is 5.42. The molecule has 0 atom stereocenters. The molecule has 0 aromatic carbocycles. The molecule has 1 saturated carbocycles. The summed E-state index contributed by atoms with van der Waals surface area (Å²) in [5.74, 6) is 0.462. The Balaban J connectivity index is 1.43. The topological polar surface area (TPSA) is 59.8 Å². The quantitative estimate of drug-likeness (QED) is 0.621. The Hall–Kier alpha value is -2.42. The first-order valence-electron chi connectivity index (χ1n) is 9.63. The van der Waals surface area contributed by atoms with Gasteiger partial charge in [0.05, 0.1) is 4.70 Å². The number of nitrogens with zero attached hydrogens (tertiary/aromatic N) is 3. The number of pyridine rings is 1. The molecule has 5 nitrogen and oxygen atoms in total. The van der Waals surface area contributed by atoms with Crippen LogP contribution in [0, 0.1) is 5.92 Å². The van der Waals surface area contributed by atoms with Crippen LogP contribution in [0.3, 0.4) is 0 Å². The second kappa shape index (κ2) is 8.14. The summed E-state index contributed by atoms with van der Waals surface area (Å²) in [4.78, 5) is 21.5. The number of fused-ring (bicyclic) bond motifs is 1. The molecule has 1 N–H and O–H groups in total. The molecule has 0 unspecified atom stereocenters. The van der Waals surface area contributed by atoms with Crippen molar-refractivity contribution >= 4 is 27.3 Å². The average molecular weight is 422 g/mol. The molecule has 0 bridgehead atoms. The van der Waals surface area contributed by atoms with Gasteiger partial charge in [0.25, 0.3) is 5.91 Å². The fraction of sp³-hybridized carbons (Fsp3) is 0.450. The number of carbonyl (C=O) groups excluding carboxylic acids is 1. The molecule has 0 saturated heterocycles. The highest BCUT2D eigenvalue weighted by atomic mass is 32.1. The van der Waals surface area contributed by atoms with E-state index in [1.54, 1.807) is 23.3 Å². The van der Waals surface area contributed by atoms with Gasteiger partial charge in [-0.15, -0.1) is 11.3 Å². The van der Waals surface area contributed by atoms with Crippen LogP contribution in [0.25, 0.3) is 15.9 Å². The number of carbonyl (C=O) groups is 1. The van der Waals surface area contributed by atoms with Crippen molar-refractivity contribution in [1.82, 2.24) is 19.9 Å². The van der Waals surface area contributed by atoms with E-state index in [0.29, 0.717) is 37.2 Å². The first-order chi connectivity index (χ1) is 13.9. The molecule has 1 aliphatic rings. The van der Waals surface area contributed by atoms with E-state index in [2.05, 4.69) is 15.3 Å². The molecule has 3 aromatic heterocycles. The second-order valence-corrected chi connectivity index (χ2v) is 8.40. The molecule has 3 heterocycles. The zero-order valence-corrected chi connectivity index (χ0v) is 16.5. The Kier molecular flexibility index (Phi) is 5.58. The van der Waals surface area contributed by atoms with E-state index >= 15 is 0 Å². The molecule has 1 fully saturated rings. The largest absolute Gasteiger partial charge is 0.389 e. The van der Waals surface area contributed by atoms with Crippen molar-refractivity contribution < 1.29 is 18.0 Å². The molecular weight excluding hydrogens is 401 g/mol. The van der Waals surface area contributed by atoms with E-state index < -0.39 is 12.6 Å². The van der Waals surface area contributed by atoms with Crippen LogP contribution >= 0.6 is 11.3 Å². The van der Waals surface area contributed by atoms with Gasteiger partial charge < -0.3 is 5.32 Å². The summed E-state index contributed by atoms with van der Waals surface area (Å²) < 4.78 is 39.8. The maximum absolute atomic E-state index is 12.9. The van der Waals surface area contributed by atoms with Crippen molar-refractivity contribution in [2.24, 2.45) is 5.92 Å². The van der Waals surface area contributed by atoms with Crippen LogP contribution in [0.15, 0.2) is 36.2 Å². The lowest BCUT2D eigenvalue weighted by atomic mass is 9.83. The first-order valence-corrected chi connectivity index (χ1v) is 10.5. The number of imidazole rings is 1. The number of aromatic nitrogens is 3. The van der Waals surface area contributed by atoms with Gasteiger partial charge in [0.1, 0.15) is 17.8 Å². The number of thiophene rings is 1. The Morgan fingerprint density at radius 3 is 2.76 bits per heavy atom. The standard InChI is InChI=1S/C20H21F3N4OS/c21-20(22,23)7-5-13-1-3-15(4-2-13)25-19(28)17-18-14(6-10-29-18)11-16(26-17)27-9-8-24-12-27/h6,8-13,15H,1-5,7H2,(H,25,28). The van der Waals surface area contributed by atoms with Gasteiger partial charge in [-0.1, -0.05) is 0 Å². The maximum atomic E-state index is 12.9. The molecule has 29 heavy (non-hydrogen) atoms. The van der Waals surface area contributed by atoms with Gasteiger partial charge >= 0.3 is 6.18 Å². The number of halogens is 3. The number of hydrogen-bond acceptors (Lipinski definition) is 4. The fourth-order valence-corrected chi connectivity index (χ4v) is 4.72. The summed E-state index contributed by atoms with van der Waals surface area (Å²) in [5.41, 5.74) is 0.375. The lowest BCUT2D eigenvalue weighted by molar-refractivity contribution is -0.138. The van der Waals surface area contributed by atoms with Crippen molar-refractivity contribution in [3.8, 4) is 5.82 Å². The number of rotatable bonds is 5. The summed E-state index contributed by atoms with van der Waals surface area (Å²) in [5, 5.41) is 5.90. The summed E-state index contributed by atoms with van der Waals surface area (Å²) in [6.07, 6.45) is 3.21. The van der Waals surface area contributed by atoms with Crippen LogP contribution < -0.4 is 5.32 Å². The molecule has 154 valence electrons. The minimum atomic E-state index is -4.09. The van der Waals surface area contributed by atoms with Crippen LogP contribution in [-0.2, 0) is 0 Å². The van der Waals surface area contributed by atoms with Gasteiger partial charge in [-0.05, 0) is 60.9 Å². The van der Waals surface area contributed by atoms with Crippen molar-refractivity contribution in [3.63, 3.8) is 0 Å². The molecule has 3 aromatic rings. The second-order valence-electron chi connectivity index (χ2n) is 7.48. The minimum Gasteiger partial charge on any atom is -0.348 e. The highest BCUT2D eigenvalue weighted by Gasteiger charge is 2.30. The van der Waals surface area contributed by atoms with Crippen molar-refractivity contribution in [1.29, 1.82) is 0 Å². The summed E-state index contributed by atoms with van der Waals surface area (Å²) in [6.45, 7) is 0. The van der Waals surface area contributed by atoms with E-state index in [1.165, 1.54) is 11.3 Å². The predicted molar refractivity (Wildman–Crippen MR) is 105 cm³/mol. The van der Waals surface area contributed by atoms with Gasteiger partial charge in [-0.3, -0.25) is 9.36 Å². The normalized spacial score (nSPS) is 20.1. The van der Waals surface area contributed by atoms with Gasteiger partial charge in [0.15, 0.2) is 0 Å². The number of alkyl halides is 3. The van der Waals surface area contributed by atoms with Gasteiger partial charge in [-0.2, -0.15) is 13.2 Å². The first kappa shape index (κ1) is 19.9. The summed E-state index contributed by atoms with van der Waals surface area (Å²) in [6, 6.07) is 3.83. The highest BCUT2D eigenvalue weighted by molar-refractivity contribution is 7.17. The van der Waals surface area contributed by atoms with Crippen molar-refractivity contribution in [3.05, 3.63) is 41.9 Å². The molecule has 1 aliphatic carbocycles. The smallest absolute Gasteiger partial charge is 0.348 e. The van der Waals surface area contributed by atoms with E-state index in [-0.39, 0.29) is 24.3 Å². The predicted octanol–water partition coefficient (Wildman–Crippen LogP) is 5.11.